The van der Waals surface area contributed by atoms with Gasteiger partial charge in [-0.05, 0) is 48.9 Å². The molecular weight excluding hydrogens is 144 g/mol. The molecule has 0 aromatic carbocycles. The number of hydrogen-bond acceptors (Lipinski definition) is 0. The van der Waals surface area contributed by atoms with Crippen LogP contribution in [0.5, 0.6) is 0 Å². The maximum atomic E-state index is 2.54. The molecule has 0 spiro atoms. The quantitative estimate of drug-likeness (QED) is 0.597. The van der Waals surface area contributed by atoms with Gasteiger partial charge in [0.05, 0.1) is 0 Å². The molecule has 12 heavy (non-hydrogen) atoms. The van der Waals surface area contributed by atoms with Crippen LogP contribution in [0.3, 0.4) is 0 Å². The van der Waals surface area contributed by atoms with Gasteiger partial charge in [0.15, 0.2) is 0 Å². The van der Waals surface area contributed by atoms with Crippen molar-refractivity contribution in [2.45, 2.75) is 52.9 Å². The lowest BCUT2D eigenvalue weighted by molar-refractivity contribution is 0.216. The molecule has 2 rings (SSSR count). The average molecular weight is 166 g/mol. The number of hydrogen-bond donors (Lipinski definition) is 0. The Balaban J connectivity index is 1.93. The Hall–Kier alpha value is 0. The van der Waals surface area contributed by atoms with E-state index in [1.807, 2.05) is 0 Å². The highest BCUT2D eigenvalue weighted by Crippen LogP contribution is 2.64. The molecule has 0 aliphatic heterocycles. The topological polar surface area (TPSA) is 0 Å². The number of fused-ring (bicyclic) bond motifs is 1. The van der Waals surface area contributed by atoms with Crippen molar-refractivity contribution >= 4 is 0 Å². The summed E-state index contributed by atoms with van der Waals surface area (Å²) in [6.45, 7) is 7.28. The molecule has 2 aliphatic rings. The van der Waals surface area contributed by atoms with Crippen LogP contribution in [-0.2, 0) is 0 Å². The van der Waals surface area contributed by atoms with Crippen molar-refractivity contribution in [2.75, 3.05) is 0 Å². The maximum absolute atomic E-state index is 2.54. The largest absolute Gasteiger partial charge is 0.0651 e. The van der Waals surface area contributed by atoms with E-state index in [2.05, 4.69) is 20.8 Å². The van der Waals surface area contributed by atoms with Crippen molar-refractivity contribution in [2.24, 2.45) is 23.2 Å². The van der Waals surface area contributed by atoms with Crippen LogP contribution in [0.1, 0.15) is 52.9 Å². The first-order valence-corrected chi connectivity index (χ1v) is 5.65. The molecule has 2 fully saturated rings. The summed E-state index contributed by atoms with van der Waals surface area (Å²) < 4.78 is 0. The summed E-state index contributed by atoms with van der Waals surface area (Å²) in [5.41, 5.74) is 0.750. The second-order valence-electron chi connectivity index (χ2n) is 5.51. The lowest BCUT2D eigenvalue weighted by atomic mass is 9.76. The molecule has 0 radical (unpaired) electrons. The third kappa shape index (κ3) is 1.30. The van der Waals surface area contributed by atoms with Gasteiger partial charge in [-0.3, -0.25) is 0 Å². The minimum Gasteiger partial charge on any atom is -0.0651 e. The Bertz CT molecular complexity index is 173. The highest BCUT2D eigenvalue weighted by molar-refractivity contribution is 5.04. The lowest BCUT2D eigenvalue weighted by Crippen LogP contribution is -2.19. The van der Waals surface area contributed by atoms with Crippen LogP contribution in [0.25, 0.3) is 0 Å². The van der Waals surface area contributed by atoms with E-state index in [4.69, 9.17) is 0 Å². The minimum atomic E-state index is 0.750. The van der Waals surface area contributed by atoms with E-state index in [1.54, 1.807) is 6.42 Å². The standard InChI is InChI=1S/C12H22/c1-4-9(2)8-12(3)6-5-10-7-11(10)12/h9-11H,4-8H2,1-3H3. The van der Waals surface area contributed by atoms with Crippen LogP contribution in [0.15, 0.2) is 0 Å². The second-order valence-corrected chi connectivity index (χ2v) is 5.51. The first-order chi connectivity index (χ1) is 5.65. The van der Waals surface area contributed by atoms with Crippen molar-refractivity contribution in [1.29, 1.82) is 0 Å². The van der Waals surface area contributed by atoms with Crippen LogP contribution >= 0.6 is 0 Å². The monoisotopic (exact) mass is 166 g/mol. The molecule has 0 N–H and O–H groups in total. The van der Waals surface area contributed by atoms with Gasteiger partial charge in [0, 0.05) is 0 Å². The summed E-state index contributed by atoms with van der Waals surface area (Å²) in [6.07, 6.45) is 7.48. The van der Waals surface area contributed by atoms with E-state index in [-0.39, 0.29) is 0 Å². The van der Waals surface area contributed by atoms with E-state index < -0.39 is 0 Å². The van der Waals surface area contributed by atoms with Crippen molar-refractivity contribution < 1.29 is 0 Å². The summed E-state index contributed by atoms with van der Waals surface area (Å²) in [5.74, 6) is 3.24. The first-order valence-electron chi connectivity index (χ1n) is 5.65. The van der Waals surface area contributed by atoms with Crippen LogP contribution in [-0.4, -0.2) is 0 Å². The van der Waals surface area contributed by atoms with E-state index in [0.717, 1.165) is 23.2 Å². The molecule has 0 heterocycles. The average Bonchev–Trinajstić information content (AvgIpc) is 2.75. The summed E-state index contributed by atoms with van der Waals surface area (Å²) in [5, 5.41) is 0. The lowest BCUT2D eigenvalue weighted by Gasteiger charge is -2.29. The predicted molar refractivity (Wildman–Crippen MR) is 53.0 cm³/mol. The van der Waals surface area contributed by atoms with Crippen molar-refractivity contribution in [3.8, 4) is 0 Å². The molecule has 0 aromatic rings. The van der Waals surface area contributed by atoms with E-state index in [9.17, 15) is 0 Å². The van der Waals surface area contributed by atoms with Gasteiger partial charge in [0.1, 0.15) is 0 Å². The van der Waals surface area contributed by atoms with Gasteiger partial charge in [-0.1, -0.05) is 27.2 Å². The Morgan fingerprint density at radius 2 is 2.25 bits per heavy atom. The molecular formula is C12H22. The summed E-state index contributed by atoms with van der Waals surface area (Å²) in [7, 11) is 0. The SMILES string of the molecule is CCC(C)CC1(C)CCC2CC21. The Morgan fingerprint density at radius 1 is 1.50 bits per heavy atom. The zero-order valence-corrected chi connectivity index (χ0v) is 8.77. The molecule has 0 amide bonds. The molecule has 0 nitrogen and oxygen atoms in total. The molecule has 0 heteroatoms. The fourth-order valence-corrected chi connectivity index (χ4v) is 3.31. The molecule has 2 aliphatic carbocycles. The van der Waals surface area contributed by atoms with Gasteiger partial charge in [-0.25, -0.2) is 0 Å². The Kier molecular flexibility index (Phi) is 1.97. The molecule has 2 saturated carbocycles. The van der Waals surface area contributed by atoms with Crippen LogP contribution in [0.4, 0.5) is 0 Å². The molecule has 4 unspecified atom stereocenters. The van der Waals surface area contributed by atoms with Gasteiger partial charge in [0.25, 0.3) is 0 Å². The Labute approximate surface area is 76.7 Å². The fraction of sp³-hybridized carbons (Fsp3) is 1.00. The molecule has 0 saturated heterocycles. The summed E-state index contributed by atoms with van der Waals surface area (Å²) in [6, 6.07) is 0. The third-order valence-corrected chi connectivity index (χ3v) is 4.42. The van der Waals surface area contributed by atoms with Crippen molar-refractivity contribution in [3.63, 3.8) is 0 Å². The smallest absolute Gasteiger partial charge is 0.0292 e. The van der Waals surface area contributed by atoms with Crippen LogP contribution in [0.2, 0.25) is 0 Å². The predicted octanol–water partition coefficient (Wildman–Crippen LogP) is 3.86. The zero-order chi connectivity index (χ0) is 8.77. The van der Waals surface area contributed by atoms with Gasteiger partial charge in [0.2, 0.25) is 0 Å². The van der Waals surface area contributed by atoms with Gasteiger partial charge in [-0.2, -0.15) is 0 Å². The van der Waals surface area contributed by atoms with E-state index in [1.165, 1.54) is 25.7 Å². The third-order valence-electron chi connectivity index (χ3n) is 4.42. The van der Waals surface area contributed by atoms with Crippen LogP contribution < -0.4 is 0 Å². The minimum absolute atomic E-state index is 0.750. The second kappa shape index (κ2) is 2.75. The van der Waals surface area contributed by atoms with Gasteiger partial charge < -0.3 is 0 Å². The highest BCUT2D eigenvalue weighted by atomic mass is 14.6. The van der Waals surface area contributed by atoms with Crippen molar-refractivity contribution in [3.05, 3.63) is 0 Å². The first kappa shape index (κ1) is 8.59. The highest BCUT2D eigenvalue weighted by Gasteiger charge is 2.54. The Morgan fingerprint density at radius 3 is 2.67 bits per heavy atom. The normalized spacial score (nSPS) is 47.2. The van der Waals surface area contributed by atoms with E-state index in [0.29, 0.717) is 0 Å². The van der Waals surface area contributed by atoms with E-state index >= 15 is 0 Å². The molecule has 70 valence electrons. The van der Waals surface area contributed by atoms with Gasteiger partial charge in [-0.15, -0.1) is 0 Å². The fourth-order valence-electron chi connectivity index (χ4n) is 3.31. The maximum Gasteiger partial charge on any atom is -0.0292 e. The van der Waals surface area contributed by atoms with Crippen LogP contribution in [0, 0.1) is 23.2 Å². The number of rotatable bonds is 3. The van der Waals surface area contributed by atoms with Crippen molar-refractivity contribution in [1.82, 2.24) is 0 Å². The molecule has 0 aromatic heterocycles. The van der Waals surface area contributed by atoms with Gasteiger partial charge >= 0.3 is 0 Å². The molecule has 4 atom stereocenters. The summed E-state index contributed by atoms with van der Waals surface area (Å²) in [4.78, 5) is 0. The zero-order valence-electron chi connectivity index (χ0n) is 8.77. The summed E-state index contributed by atoms with van der Waals surface area (Å²) >= 11 is 0. The molecule has 0 bridgehead atoms.